The van der Waals surface area contributed by atoms with Gasteiger partial charge >= 0.3 is 0 Å². The number of halogens is 3. The normalized spacial score (nSPS) is 10.9. The minimum atomic E-state index is -0.807. The summed E-state index contributed by atoms with van der Waals surface area (Å²) >= 11 is 7.13. The molecule has 2 aromatic heterocycles. The molecule has 3 rings (SSSR count). The van der Waals surface area contributed by atoms with Crippen molar-refractivity contribution in [2.45, 2.75) is 0 Å². The number of aromatic nitrogens is 2. The first kappa shape index (κ1) is 12.3. The van der Waals surface area contributed by atoms with Gasteiger partial charge < -0.3 is 4.74 Å². The van der Waals surface area contributed by atoms with E-state index in [1.54, 1.807) is 11.4 Å². The van der Waals surface area contributed by atoms with Crippen LogP contribution in [-0.4, -0.2) is 9.97 Å². The molecule has 0 amide bonds. The third kappa shape index (κ3) is 2.36. The molecule has 0 saturated heterocycles. The predicted octanol–water partition coefficient (Wildman–Crippen LogP) is 4.42. The molecule has 7 heteroatoms. The van der Waals surface area contributed by atoms with Crippen molar-refractivity contribution in [2.24, 2.45) is 0 Å². The first-order valence-corrected chi connectivity index (χ1v) is 6.43. The van der Waals surface area contributed by atoms with E-state index in [4.69, 9.17) is 16.3 Å². The molecule has 0 aliphatic rings. The Kier molecular flexibility index (Phi) is 3.04. The SMILES string of the molecule is Fc1ccc(Oc2nc(Cl)nc3sccc23)c(F)c1. The van der Waals surface area contributed by atoms with Crippen LogP contribution in [0.2, 0.25) is 5.28 Å². The minimum Gasteiger partial charge on any atom is -0.435 e. The molecule has 0 radical (unpaired) electrons. The molecule has 0 aliphatic heterocycles. The van der Waals surface area contributed by atoms with Gasteiger partial charge in [0.25, 0.3) is 0 Å². The van der Waals surface area contributed by atoms with Crippen molar-refractivity contribution in [2.75, 3.05) is 0 Å². The van der Waals surface area contributed by atoms with Crippen molar-refractivity contribution >= 4 is 33.2 Å². The number of thiophene rings is 1. The second kappa shape index (κ2) is 4.71. The third-order valence-corrected chi connectivity index (χ3v) is 3.34. The maximum atomic E-state index is 13.5. The standard InChI is InChI=1S/C12H5ClF2N2OS/c13-12-16-10(7-3-4-19-11(7)17-12)18-9-2-1-6(14)5-8(9)15/h1-5H. The highest BCUT2D eigenvalue weighted by atomic mass is 35.5. The van der Waals surface area contributed by atoms with Crippen LogP contribution in [0.5, 0.6) is 11.6 Å². The van der Waals surface area contributed by atoms with E-state index in [0.717, 1.165) is 12.1 Å². The first-order valence-electron chi connectivity index (χ1n) is 5.17. The Morgan fingerprint density at radius 3 is 2.79 bits per heavy atom. The highest BCUT2D eigenvalue weighted by Gasteiger charge is 2.12. The van der Waals surface area contributed by atoms with Crippen molar-refractivity contribution in [3.63, 3.8) is 0 Å². The summed E-state index contributed by atoms with van der Waals surface area (Å²) in [6.07, 6.45) is 0. The molecule has 0 unspecified atom stereocenters. The fourth-order valence-corrected chi connectivity index (χ4v) is 2.51. The molecule has 0 spiro atoms. The molecule has 0 fully saturated rings. The lowest BCUT2D eigenvalue weighted by Crippen LogP contribution is -1.94. The van der Waals surface area contributed by atoms with E-state index in [9.17, 15) is 8.78 Å². The van der Waals surface area contributed by atoms with Crippen LogP contribution in [0.25, 0.3) is 10.2 Å². The van der Waals surface area contributed by atoms with Crippen LogP contribution in [0.1, 0.15) is 0 Å². The molecule has 0 N–H and O–H groups in total. The van der Waals surface area contributed by atoms with Gasteiger partial charge in [0.1, 0.15) is 10.6 Å². The van der Waals surface area contributed by atoms with Gasteiger partial charge in [-0.25, -0.2) is 13.8 Å². The topological polar surface area (TPSA) is 35.0 Å². The number of hydrogen-bond donors (Lipinski definition) is 0. The van der Waals surface area contributed by atoms with Gasteiger partial charge in [0.05, 0.1) is 5.39 Å². The number of benzene rings is 1. The van der Waals surface area contributed by atoms with Crippen LogP contribution in [0.15, 0.2) is 29.6 Å². The van der Waals surface area contributed by atoms with Crippen LogP contribution >= 0.6 is 22.9 Å². The summed E-state index contributed by atoms with van der Waals surface area (Å²) in [5.74, 6) is -1.46. The number of fused-ring (bicyclic) bond motifs is 1. The van der Waals surface area contributed by atoms with Crippen LogP contribution in [0, 0.1) is 11.6 Å². The van der Waals surface area contributed by atoms with Crippen molar-refractivity contribution in [1.82, 2.24) is 9.97 Å². The van der Waals surface area contributed by atoms with E-state index in [1.807, 2.05) is 0 Å². The lowest BCUT2D eigenvalue weighted by molar-refractivity contribution is 0.428. The van der Waals surface area contributed by atoms with Gasteiger partial charge in [0.15, 0.2) is 11.6 Å². The molecule has 1 aromatic carbocycles. The summed E-state index contributed by atoms with van der Waals surface area (Å²) in [6, 6.07) is 4.78. The summed E-state index contributed by atoms with van der Waals surface area (Å²) in [4.78, 5) is 8.56. The van der Waals surface area contributed by atoms with Crippen molar-refractivity contribution in [1.29, 1.82) is 0 Å². The second-order valence-corrected chi connectivity index (χ2v) is 4.85. The number of hydrogen-bond acceptors (Lipinski definition) is 4. The van der Waals surface area contributed by atoms with E-state index in [0.29, 0.717) is 10.2 Å². The lowest BCUT2D eigenvalue weighted by atomic mass is 10.3. The Morgan fingerprint density at radius 1 is 1.16 bits per heavy atom. The number of ether oxygens (including phenoxy) is 1. The monoisotopic (exact) mass is 298 g/mol. The van der Waals surface area contributed by atoms with E-state index in [-0.39, 0.29) is 16.9 Å². The molecular formula is C12H5ClF2N2OS. The van der Waals surface area contributed by atoms with E-state index in [1.165, 1.54) is 17.4 Å². The largest absolute Gasteiger partial charge is 0.435 e. The Balaban J connectivity index is 2.07. The Bertz CT molecular complexity index is 763. The molecular weight excluding hydrogens is 294 g/mol. The van der Waals surface area contributed by atoms with Crippen LogP contribution in [0.4, 0.5) is 8.78 Å². The van der Waals surface area contributed by atoms with Gasteiger partial charge in [-0.05, 0) is 35.2 Å². The smallest absolute Gasteiger partial charge is 0.232 e. The fourth-order valence-electron chi connectivity index (χ4n) is 1.54. The summed E-state index contributed by atoms with van der Waals surface area (Å²) in [5, 5.41) is 2.43. The highest BCUT2D eigenvalue weighted by molar-refractivity contribution is 7.16. The fraction of sp³-hybridized carbons (Fsp3) is 0. The van der Waals surface area contributed by atoms with Gasteiger partial charge in [-0.1, -0.05) is 0 Å². The van der Waals surface area contributed by atoms with E-state index in [2.05, 4.69) is 9.97 Å². The maximum Gasteiger partial charge on any atom is 0.232 e. The van der Waals surface area contributed by atoms with Crippen molar-refractivity contribution in [3.05, 3.63) is 46.6 Å². The number of rotatable bonds is 2. The summed E-state index contributed by atoms with van der Waals surface area (Å²) < 4.78 is 31.7. The zero-order valence-electron chi connectivity index (χ0n) is 9.23. The van der Waals surface area contributed by atoms with Crippen molar-refractivity contribution in [3.8, 4) is 11.6 Å². The molecule has 96 valence electrons. The molecule has 2 heterocycles. The Labute approximate surface area is 115 Å². The second-order valence-electron chi connectivity index (χ2n) is 3.61. The molecule has 0 aliphatic carbocycles. The van der Waals surface area contributed by atoms with Crippen LogP contribution in [-0.2, 0) is 0 Å². The average Bonchev–Trinajstić information content (AvgIpc) is 2.80. The Morgan fingerprint density at radius 2 is 2.00 bits per heavy atom. The Hall–Kier alpha value is -1.79. The highest BCUT2D eigenvalue weighted by Crippen LogP contribution is 2.32. The quantitative estimate of drug-likeness (QED) is 0.657. The summed E-state index contributed by atoms with van der Waals surface area (Å²) in [5.41, 5.74) is 0. The molecule has 19 heavy (non-hydrogen) atoms. The molecule has 3 aromatic rings. The van der Waals surface area contributed by atoms with Gasteiger partial charge in [0.2, 0.25) is 11.2 Å². The van der Waals surface area contributed by atoms with Crippen LogP contribution in [0.3, 0.4) is 0 Å². The number of nitrogens with zero attached hydrogens (tertiary/aromatic N) is 2. The lowest BCUT2D eigenvalue weighted by Gasteiger charge is -2.06. The maximum absolute atomic E-state index is 13.5. The third-order valence-electron chi connectivity index (χ3n) is 2.36. The van der Waals surface area contributed by atoms with E-state index >= 15 is 0 Å². The summed E-state index contributed by atoms with van der Waals surface area (Å²) in [6.45, 7) is 0. The zero-order valence-corrected chi connectivity index (χ0v) is 10.8. The van der Waals surface area contributed by atoms with Gasteiger partial charge in [-0.3, -0.25) is 0 Å². The predicted molar refractivity (Wildman–Crippen MR) is 68.9 cm³/mol. The van der Waals surface area contributed by atoms with Crippen molar-refractivity contribution < 1.29 is 13.5 Å². The molecule has 0 saturated carbocycles. The first-order chi connectivity index (χ1) is 9.13. The average molecular weight is 299 g/mol. The summed E-state index contributed by atoms with van der Waals surface area (Å²) in [7, 11) is 0. The molecule has 0 bridgehead atoms. The van der Waals surface area contributed by atoms with Gasteiger partial charge in [-0.15, -0.1) is 11.3 Å². The van der Waals surface area contributed by atoms with Crippen LogP contribution < -0.4 is 4.74 Å². The molecule has 3 nitrogen and oxygen atoms in total. The molecule has 0 atom stereocenters. The van der Waals surface area contributed by atoms with Gasteiger partial charge in [0, 0.05) is 6.07 Å². The minimum absolute atomic E-state index is 0.00692. The van der Waals surface area contributed by atoms with E-state index < -0.39 is 11.6 Å². The van der Waals surface area contributed by atoms with Gasteiger partial charge in [-0.2, -0.15) is 4.98 Å². The zero-order chi connectivity index (χ0) is 13.4.